The van der Waals surface area contributed by atoms with Gasteiger partial charge in [-0.05, 0) is 25.5 Å². The van der Waals surface area contributed by atoms with Crippen molar-refractivity contribution in [1.82, 2.24) is 24.5 Å². The molecule has 0 bridgehead atoms. The van der Waals surface area contributed by atoms with Gasteiger partial charge in [-0.2, -0.15) is 5.10 Å². The van der Waals surface area contributed by atoms with Crippen LogP contribution in [0.15, 0.2) is 18.5 Å². The van der Waals surface area contributed by atoms with Crippen LogP contribution < -0.4 is 15.8 Å². The van der Waals surface area contributed by atoms with Crippen molar-refractivity contribution in [2.75, 3.05) is 12.4 Å². The van der Waals surface area contributed by atoms with Crippen LogP contribution in [0.5, 0.6) is 5.88 Å². The summed E-state index contributed by atoms with van der Waals surface area (Å²) in [5.41, 5.74) is 5.90. The molecule has 16 heteroatoms. The zero-order valence-corrected chi connectivity index (χ0v) is 20.5. The van der Waals surface area contributed by atoms with Gasteiger partial charge in [0.1, 0.15) is 28.1 Å². The third kappa shape index (κ3) is 4.82. The number of nitrogens with two attached hydrogens (primary N) is 1. The third-order valence-electron chi connectivity index (χ3n) is 5.36. The van der Waals surface area contributed by atoms with Gasteiger partial charge < -0.3 is 15.8 Å². The van der Waals surface area contributed by atoms with Crippen LogP contribution in [0.25, 0.3) is 21.3 Å². The molecule has 37 heavy (non-hydrogen) atoms. The van der Waals surface area contributed by atoms with Crippen LogP contribution in [0.3, 0.4) is 0 Å². The molecule has 194 valence electrons. The number of hydrogen-bond donors (Lipinski definition) is 2. The number of nitro groups is 1. The Kier molecular flexibility index (Phi) is 6.84. The number of anilines is 1. The van der Waals surface area contributed by atoms with E-state index in [-0.39, 0.29) is 32.2 Å². The zero-order chi connectivity index (χ0) is 27.0. The molecule has 4 aromatic rings. The Morgan fingerprint density at radius 3 is 2.54 bits per heavy atom. The van der Waals surface area contributed by atoms with Crippen molar-refractivity contribution in [1.29, 1.82) is 0 Å². The molecule has 0 atom stereocenters. The van der Waals surface area contributed by atoms with Gasteiger partial charge in [0.15, 0.2) is 0 Å². The summed E-state index contributed by atoms with van der Waals surface area (Å²) in [4.78, 5) is 39.6. The Hall–Kier alpha value is -4.47. The van der Waals surface area contributed by atoms with E-state index < -0.39 is 41.1 Å². The molecule has 3 N–H and O–H groups in total. The Morgan fingerprint density at radius 1 is 1.27 bits per heavy atom. The Morgan fingerprint density at radius 2 is 2.00 bits per heavy atom. The molecule has 0 saturated carbocycles. The predicted octanol–water partition coefficient (Wildman–Crippen LogP) is 3.28. The van der Waals surface area contributed by atoms with Gasteiger partial charge in [0, 0.05) is 23.7 Å². The standard InChI is InChI=1S/C21H20F2N8O5S/c1-4-29-6-11(9(2)27-29)10-5-12(18(22)23)25-21-15(10)16(17(37-21)19(24)33)26-14(32)8-30-7-13(31(34)35)20(28-30)36-3/h5-7,18H,4,8H2,1-3H3,(H2,24,33)(H,26,32). The average molecular weight is 535 g/mol. The van der Waals surface area contributed by atoms with Crippen molar-refractivity contribution in [3.8, 4) is 17.0 Å². The number of primary amides is 1. The fourth-order valence-corrected chi connectivity index (χ4v) is 4.76. The minimum absolute atomic E-state index is 0.0157. The number of aromatic nitrogens is 5. The maximum atomic E-state index is 13.7. The molecule has 13 nitrogen and oxygen atoms in total. The predicted molar refractivity (Wildman–Crippen MR) is 129 cm³/mol. The van der Waals surface area contributed by atoms with Crippen molar-refractivity contribution in [2.24, 2.45) is 5.73 Å². The highest BCUT2D eigenvalue weighted by Gasteiger charge is 2.27. The van der Waals surface area contributed by atoms with E-state index in [1.54, 1.807) is 17.8 Å². The number of nitrogens with zero attached hydrogens (tertiary/aromatic N) is 6. The van der Waals surface area contributed by atoms with Gasteiger partial charge in [0.05, 0.1) is 23.4 Å². The van der Waals surface area contributed by atoms with Gasteiger partial charge in [-0.1, -0.05) is 0 Å². The molecule has 4 rings (SSSR count). The molecule has 0 aromatic carbocycles. The number of carbonyl (C=O) groups is 2. The number of fused-ring (bicyclic) bond motifs is 1. The fraction of sp³-hybridized carbons (Fsp3) is 0.286. The first-order valence-electron chi connectivity index (χ1n) is 10.7. The minimum atomic E-state index is -2.90. The number of rotatable bonds is 9. The lowest BCUT2D eigenvalue weighted by Crippen LogP contribution is -2.21. The first-order valence-corrected chi connectivity index (χ1v) is 11.5. The molecule has 0 radical (unpaired) electrons. The number of aryl methyl sites for hydroxylation is 2. The number of pyridine rings is 1. The Labute approximate surface area is 211 Å². The minimum Gasteiger partial charge on any atom is -0.475 e. The molecular formula is C21H20F2N8O5S. The molecule has 0 aliphatic carbocycles. The Bertz CT molecular complexity index is 1540. The van der Waals surface area contributed by atoms with Crippen LogP contribution >= 0.6 is 11.3 Å². The van der Waals surface area contributed by atoms with Crippen molar-refractivity contribution in [3.05, 3.63) is 44.8 Å². The van der Waals surface area contributed by atoms with Gasteiger partial charge >= 0.3 is 11.6 Å². The van der Waals surface area contributed by atoms with Crippen LogP contribution in [-0.2, 0) is 17.9 Å². The van der Waals surface area contributed by atoms with E-state index in [2.05, 4.69) is 20.5 Å². The molecule has 0 saturated heterocycles. The lowest BCUT2D eigenvalue weighted by atomic mass is 10.0. The van der Waals surface area contributed by atoms with E-state index in [0.29, 0.717) is 17.8 Å². The van der Waals surface area contributed by atoms with Crippen LogP contribution in [0, 0.1) is 17.0 Å². The number of methoxy groups -OCH3 is 1. The number of hydrogen-bond acceptors (Lipinski definition) is 9. The van der Waals surface area contributed by atoms with Crippen molar-refractivity contribution in [3.63, 3.8) is 0 Å². The van der Waals surface area contributed by atoms with Gasteiger partial charge in [0.2, 0.25) is 5.91 Å². The summed E-state index contributed by atoms with van der Waals surface area (Å²) in [6.45, 7) is 3.60. The van der Waals surface area contributed by atoms with Gasteiger partial charge in [-0.15, -0.1) is 16.4 Å². The smallest absolute Gasteiger partial charge is 0.350 e. The van der Waals surface area contributed by atoms with Crippen LogP contribution in [0.4, 0.5) is 20.2 Å². The van der Waals surface area contributed by atoms with E-state index in [0.717, 1.165) is 22.2 Å². The Balaban J connectivity index is 1.84. The first kappa shape index (κ1) is 25.6. The summed E-state index contributed by atoms with van der Waals surface area (Å²) in [5.74, 6) is -1.90. The second-order valence-corrected chi connectivity index (χ2v) is 8.76. The average Bonchev–Trinajstić information content (AvgIpc) is 3.53. The van der Waals surface area contributed by atoms with E-state index in [4.69, 9.17) is 10.5 Å². The van der Waals surface area contributed by atoms with E-state index in [1.165, 1.54) is 13.2 Å². The topological polar surface area (TPSA) is 173 Å². The quantitative estimate of drug-likeness (QED) is 0.243. The number of alkyl halides is 2. The lowest BCUT2D eigenvalue weighted by Gasteiger charge is -2.10. The van der Waals surface area contributed by atoms with Crippen LogP contribution in [-0.4, -0.2) is 48.4 Å². The number of amides is 2. The highest BCUT2D eigenvalue weighted by atomic mass is 32.1. The molecule has 0 aliphatic rings. The largest absolute Gasteiger partial charge is 0.475 e. The number of carbonyl (C=O) groups excluding carboxylic acids is 2. The van der Waals surface area contributed by atoms with E-state index in [9.17, 15) is 28.5 Å². The highest BCUT2D eigenvalue weighted by molar-refractivity contribution is 7.21. The molecule has 0 aliphatic heterocycles. The summed E-state index contributed by atoms with van der Waals surface area (Å²) < 4.78 is 34.9. The zero-order valence-electron chi connectivity index (χ0n) is 19.7. The van der Waals surface area contributed by atoms with E-state index >= 15 is 0 Å². The van der Waals surface area contributed by atoms with Crippen molar-refractivity contribution < 1.29 is 28.0 Å². The molecule has 0 spiro atoms. The maximum absolute atomic E-state index is 13.7. The highest BCUT2D eigenvalue weighted by Crippen LogP contribution is 2.43. The number of halogens is 2. The first-order chi connectivity index (χ1) is 17.5. The normalized spacial score (nSPS) is 11.3. The monoisotopic (exact) mass is 534 g/mol. The molecule has 2 amide bonds. The molecule has 4 heterocycles. The van der Waals surface area contributed by atoms with Gasteiger partial charge in [-0.3, -0.25) is 29.1 Å². The molecular weight excluding hydrogens is 514 g/mol. The van der Waals surface area contributed by atoms with Crippen LogP contribution in [0.2, 0.25) is 0 Å². The second kappa shape index (κ2) is 9.88. The van der Waals surface area contributed by atoms with Gasteiger partial charge in [0.25, 0.3) is 12.3 Å². The van der Waals surface area contributed by atoms with Crippen molar-refractivity contribution in [2.45, 2.75) is 33.4 Å². The van der Waals surface area contributed by atoms with Gasteiger partial charge in [-0.25, -0.2) is 13.8 Å². The number of ether oxygens (including phenoxy) is 1. The summed E-state index contributed by atoms with van der Waals surface area (Å²) >= 11 is 0.761. The summed E-state index contributed by atoms with van der Waals surface area (Å²) in [5, 5.41) is 22.2. The maximum Gasteiger partial charge on any atom is 0.350 e. The molecule has 4 aromatic heterocycles. The van der Waals surface area contributed by atoms with Crippen molar-refractivity contribution >= 4 is 44.7 Å². The molecule has 0 fully saturated rings. The second-order valence-electron chi connectivity index (χ2n) is 7.76. The molecule has 0 unspecified atom stereocenters. The van der Waals surface area contributed by atoms with E-state index in [1.807, 2.05) is 6.92 Å². The summed E-state index contributed by atoms with van der Waals surface area (Å²) in [6, 6.07) is 1.19. The third-order valence-corrected chi connectivity index (χ3v) is 6.46. The number of nitrogens with one attached hydrogen (secondary N) is 1. The lowest BCUT2D eigenvalue weighted by molar-refractivity contribution is -0.385. The summed E-state index contributed by atoms with van der Waals surface area (Å²) in [6.07, 6.45) is -0.210. The SMILES string of the molecule is CCn1cc(-c2cc(C(F)F)nc3sc(C(N)=O)c(NC(=O)Cn4cc([N+](=O)[O-])c(OC)n4)c23)c(C)n1. The van der Waals surface area contributed by atoms with Crippen LogP contribution in [0.1, 0.15) is 34.4 Å². The fourth-order valence-electron chi connectivity index (χ4n) is 3.75. The summed E-state index contributed by atoms with van der Waals surface area (Å²) in [7, 11) is 1.20. The number of thiophene rings is 1.